The molecule has 0 atom stereocenters. The number of hydrogen-bond acceptors (Lipinski definition) is 5. The van der Waals surface area contributed by atoms with Gasteiger partial charge in [0.05, 0.1) is 0 Å². The van der Waals surface area contributed by atoms with E-state index in [1.54, 1.807) is 0 Å². The van der Waals surface area contributed by atoms with Crippen LogP contribution in [-0.2, 0) is 14.3 Å². The third-order valence-electron chi connectivity index (χ3n) is 2.59. The second-order valence-electron chi connectivity index (χ2n) is 6.21. The van der Waals surface area contributed by atoms with Crippen LogP contribution in [0.3, 0.4) is 0 Å². The molecule has 0 spiro atoms. The number of carbonyl (C=O) groups is 2. The minimum atomic E-state index is 0.0105. The zero-order valence-electron chi connectivity index (χ0n) is 16.7. The first-order valence-electron chi connectivity index (χ1n) is 8.70. The molecule has 2 amide bonds. The van der Waals surface area contributed by atoms with Crippen molar-refractivity contribution in [3.05, 3.63) is 0 Å². The van der Waals surface area contributed by atoms with Gasteiger partial charge in [0.2, 0.25) is 0 Å². The molecule has 9 heteroatoms. The van der Waals surface area contributed by atoms with Crippen molar-refractivity contribution in [1.82, 2.24) is 10.6 Å². The van der Waals surface area contributed by atoms with Crippen LogP contribution in [0.4, 0.5) is 0 Å². The molecule has 2 radical (unpaired) electrons. The molecule has 0 aromatic carbocycles. The fourth-order valence-corrected chi connectivity index (χ4v) is 1.58. The Labute approximate surface area is 165 Å². The average Bonchev–Trinajstić information content (AvgIpc) is 2.57. The average molecular weight is 370 g/mol. The molecule has 0 aromatic heterocycles. The second kappa shape index (κ2) is 20.1. The molecule has 0 bridgehead atoms. The topological polar surface area (TPSA) is 92.2 Å². The third-order valence-corrected chi connectivity index (χ3v) is 2.59. The summed E-state index contributed by atoms with van der Waals surface area (Å²) in [7, 11) is 9.56. The monoisotopic (exact) mass is 370 g/mol. The Balaban J connectivity index is 0. The van der Waals surface area contributed by atoms with Crippen molar-refractivity contribution in [2.24, 2.45) is 21.6 Å². The van der Waals surface area contributed by atoms with Crippen LogP contribution in [0.2, 0.25) is 0 Å². The maximum atomic E-state index is 11.2. The molecule has 0 aromatic rings. The molecule has 0 aliphatic heterocycles. The fourth-order valence-electron chi connectivity index (χ4n) is 1.58. The minimum absolute atomic E-state index is 0.0105. The van der Waals surface area contributed by atoms with Gasteiger partial charge in [0.25, 0.3) is 0 Å². The Morgan fingerprint density at radius 3 is 1.96 bits per heavy atom. The number of ether oxygens (including phenoxy) is 1. The van der Waals surface area contributed by atoms with E-state index in [4.69, 9.17) is 20.0 Å². The van der Waals surface area contributed by atoms with E-state index >= 15 is 0 Å². The summed E-state index contributed by atoms with van der Waals surface area (Å²) >= 11 is 0. The second-order valence-corrected chi connectivity index (χ2v) is 6.21. The van der Waals surface area contributed by atoms with Gasteiger partial charge in [-0.1, -0.05) is 0 Å². The van der Waals surface area contributed by atoms with Gasteiger partial charge in [0.15, 0.2) is 0 Å². The zero-order chi connectivity index (χ0) is 20.9. The van der Waals surface area contributed by atoms with E-state index < -0.39 is 0 Å². The summed E-state index contributed by atoms with van der Waals surface area (Å²) < 4.78 is 5.09. The van der Waals surface area contributed by atoms with Crippen molar-refractivity contribution in [3.8, 4) is 23.9 Å². The van der Waals surface area contributed by atoms with Gasteiger partial charge in [-0.25, -0.2) is 0 Å². The molecule has 27 heavy (non-hydrogen) atoms. The van der Waals surface area contributed by atoms with Crippen LogP contribution >= 0.6 is 0 Å². The third kappa shape index (κ3) is 26.1. The van der Waals surface area contributed by atoms with E-state index in [1.807, 2.05) is 27.7 Å². The quantitative estimate of drug-likeness (QED) is 0.360. The Kier molecular flexibility index (Phi) is 20.0. The number of nitrogens with one attached hydrogen (secondary N) is 2. The molecule has 0 aliphatic carbocycles. The van der Waals surface area contributed by atoms with Crippen molar-refractivity contribution < 1.29 is 14.3 Å². The van der Waals surface area contributed by atoms with E-state index in [9.17, 15) is 9.59 Å². The summed E-state index contributed by atoms with van der Waals surface area (Å²) in [6, 6.07) is 4.61. The summed E-state index contributed by atoms with van der Waals surface area (Å²) in [6.45, 7) is 9.52. The van der Waals surface area contributed by atoms with Crippen LogP contribution in [0.25, 0.3) is 0 Å². The zero-order valence-corrected chi connectivity index (χ0v) is 16.7. The Morgan fingerprint density at radius 1 is 0.926 bits per heavy atom. The molecule has 0 heterocycles. The van der Waals surface area contributed by atoms with E-state index in [1.165, 1.54) is 0 Å². The normalized spacial score (nSPS) is 8.89. The number of rotatable bonds is 9. The summed E-state index contributed by atoms with van der Waals surface area (Å²) in [5, 5.41) is 5.37. The van der Waals surface area contributed by atoms with Crippen LogP contribution in [-0.4, -0.2) is 53.4 Å². The number of carbonyl (C=O) groups excluding carboxylic acids is 2. The molecule has 0 fully saturated rings. The van der Waals surface area contributed by atoms with Gasteiger partial charge in [-0.15, -0.1) is 0 Å². The predicted octanol–water partition coefficient (Wildman–Crippen LogP) is 0.940. The summed E-state index contributed by atoms with van der Waals surface area (Å²) in [4.78, 5) is 28.3. The molecule has 0 saturated carbocycles. The molecular formula is C18H28B2N4O3. The molecule has 2 N–H and O–H groups in total. The van der Waals surface area contributed by atoms with Crippen molar-refractivity contribution in [1.29, 1.82) is 0 Å². The Morgan fingerprint density at radius 2 is 1.44 bits per heavy atom. The van der Waals surface area contributed by atoms with Crippen molar-refractivity contribution in [2.75, 3.05) is 26.3 Å². The van der Waals surface area contributed by atoms with Crippen LogP contribution in [0, 0.1) is 35.8 Å². The SMILES string of the molecule is [B]=NC#CCNC(=O)CC(C)C.[B]=NC#CCOCCNC(=O)CC(C)C. The summed E-state index contributed by atoms with van der Waals surface area (Å²) in [5.41, 5.74) is 0. The molecule has 144 valence electrons. The molecule has 7 nitrogen and oxygen atoms in total. The molecule has 0 rings (SSSR count). The van der Waals surface area contributed by atoms with Crippen LogP contribution < -0.4 is 10.6 Å². The van der Waals surface area contributed by atoms with E-state index in [2.05, 4.69) is 44.4 Å². The van der Waals surface area contributed by atoms with Crippen molar-refractivity contribution in [2.45, 2.75) is 40.5 Å². The van der Waals surface area contributed by atoms with Gasteiger partial charge in [-0.2, -0.15) is 0 Å². The molecule has 0 saturated heterocycles. The molecule has 0 unspecified atom stereocenters. The molecular weight excluding hydrogens is 342 g/mol. The summed E-state index contributed by atoms with van der Waals surface area (Å²) in [5.74, 6) is 5.96. The standard InChI is InChI=1S/C10H16BN2O2.C8H12BN2O/c1-9(2)8-10(14)12-5-7-15-6-3-4-13-11;1-7(2)6-8(12)10-4-3-5-11-9/h9H,5-8H2,1-2H3,(H,12,14);7H,4,6H2,1-2H3,(H,10,12). The van der Waals surface area contributed by atoms with Gasteiger partial charge < -0.3 is 0 Å². The van der Waals surface area contributed by atoms with Crippen molar-refractivity contribution >= 4 is 27.1 Å². The van der Waals surface area contributed by atoms with Crippen LogP contribution in [0.1, 0.15) is 40.5 Å². The van der Waals surface area contributed by atoms with Crippen LogP contribution in [0.15, 0.2) is 9.79 Å². The van der Waals surface area contributed by atoms with Gasteiger partial charge in [-0.3, -0.25) is 0 Å². The Bertz CT molecular complexity index is 573. The number of hydrogen-bond donors (Lipinski definition) is 2. The maximum absolute atomic E-state index is 11.2. The number of nitrogens with zero attached hydrogens (tertiary/aromatic N) is 2. The molecule has 0 aliphatic rings. The summed E-state index contributed by atoms with van der Waals surface area (Å²) in [6.07, 6.45) is 1.08. The first kappa shape index (κ1) is 27.0. The van der Waals surface area contributed by atoms with Gasteiger partial charge in [-0.05, 0) is 0 Å². The Hall–Kier alpha value is -2.25. The van der Waals surface area contributed by atoms with Crippen molar-refractivity contribution in [3.63, 3.8) is 0 Å². The number of amides is 2. The van der Waals surface area contributed by atoms with Gasteiger partial charge in [0, 0.05) is 0 Å². The first-order chi connectivity index (χ1) is 12.8. The predicted molar refractivity (Wildman–Crippen MR) is 108 cm³/mol. The fraction of sp³-hybridized carbons (Fsp3) is 0.667. The first-order valence-corrected chi connectivity index (χ1v) is 8.70. The van der Waals surface area contributed by atoms with Gasteiger partial charge >= 0.3 is 164 Å². The van der Waals surface area contributed by atoms with E-state index in [-0.39, 0.29) is 18.4 Å². The van der Waals surface area contributed by atoms with E-state index in [0.29, 0.717) is 44.4 Å². The van der Waals surface area contributed by atoms with Gasteiger partial charge in [0.1, 0.15) is 0 Å². The van der Waals surface area contributed by atoms with E-state index in [0.717, 1.165) is 0 Å². The van der Waals surface area contributed by atoms with Crippen LogP contribution in [0.5, 0.6) is 0 Å².